The van der Waals surface area contributed by atoms with Crippen molar-refractivity contribution < 1.29 is 9.53 Å². The molecule has 5 heteroatoms. The first kappa shape index (κ1) is 14.5. The van der Waals surface area contributed by atoms with Gasteiger partial charge in [0, 0.05) is 10.1 Å². The van der Waals surface area contributed by atoms with Crippen LogP contribution in [0.15, 0.2) is 48.5 Å². The number of ether oxygens (including phenoxy) is 1. The number of nitrogens with zero attached hydrogens (tertiary/aromatic N) is 1. The maximum absolute atomic E-state index is 13.1. The van der Waals surface area contributed by atoms with E-state index < -0.39 is 0 Å². The Balaban J connectivity index is 1.81. The van der Waals surface area contributed by atoms with Crippen molar-refractivity contribution in [2.75, 3.05) is 11.4 Å². The number of carbonyl (C=O) groups excluding carboxylic acids is 1. The summed E-state index contributed by atoms with van der Waals surface area (Å²) in [6.45, 7) is 2.48. The van der Waals surface area contributed by atoms with Gasteiger partial charge in [-0.25, -0.2) is 0 Å². The molecular formula is C18H14ClNO2S. The summed E-state index contributed by atoms with van der Waals surface area (Å²) in [4.78, 5) is 15.4. The van der Waals surface area contributed by atoms with Crippen LogP contribution in [0.5, 0.6) is 5.75 Å². The summed E-state index contributed by atoms with van der Waals surface area (Å²) in [5, 5.41) is 1.46. The predicted molar refractivity (Wildman–Crippen MR) is 95.0 cm³/mol. The average molecular weight is 344 g/mol. The SMILES string of the molecule is CC1CN(C(=O)c2sc3ccccc3c2Cl)c2ccccc2O1. The minimum atomic E-state index is -0.0706. The van der Waals surface area contributed by atoms with Crippen LogP contribution in [0, 0.1) is 0 Å². The Kier molecular flexibility index (Phi) is 3.51. The van der Waals surface area contributed by atoms with E-state index in [0.29, 0.717) is 16.4 Å². The van der Waals surface area contributed by atoms with E-state index in [0.717, 1.165) is 21.5 Å². The van der Waals surface area contributed by atoms with Crippen molar-refractivity contribution in [3.05, 3.63) is 58.4 Å². The first-order valence-corrected chi connectivity index (χ1v) is 8.59. The molecule has 23 heavy (non-hydrogen) atoms. The summed E-state index contributed by atoms with van der Waals surface area (Å²) in [6.07, 6.45) is -0.0537. The highest BCUT2D eigenvalue weighted by Crippen LogP contribution is 2.39. The van der Waals surface area contributed by atoms with Crippen molar-refractivity contribution in [2.24, 2.45) is 0 Å². The molecule has 1 aliphatic heterocycles. The van der Waals surface area contributed by atoms with E-state index in [1.807, 2.05) is 55.5 Å². The van der Waals surface area contributed by atoms with Crippen LogP contribution in [0.1, 0.15) is 16.6 Å². The molecule has 2 aromatic carbocycles. The molecular weight excluding hydrogens is 330 g/mol. The van der Waals surface area contributed by atoms with Crippen molar-refractivity contribution in [3.8, 4) is 5.75 Å². The fourth-order valence-electron chi connectivity index (χ4n) is 2.86. The largest absolute Gasteiger partial charge is 0.487 e. The first-order valence-electron chi connectivity index (χ1n) is 7.39. The number of rotatable bonds is 1. The minimum absolute atomic E-state index is 0.0537. The molecule has 1 amide bonds. The molecule has 0 fully saturated rings. The standard InChI is InChI=1S/C18H14ClNO2S/c1-11-10-20(13-7-3-4-8-14(13)22-11)18(21)17-16(19)12-6-2-5-9-15(12)23-17/h2-9,11H,10H2,1H3. The van der Waals surface area contributed by atoms with Gasteiger partial charge in [0.15, 0.2) is 0 Å². The highest BCUT2D eigenvalue weighted by molar-refractivity contribution is 7.21. The van der Waals surface area contributed by atoms with Crippen LogP contribution in [0.4, 0.5) is 5.69 Å². The highest BCUT2D eigenvalue weighted by Gasteiger charge is 2.30. The van der Waals surface area contributed by atoms with E-state index in [9.17, 15) is 4.79 Å². The van der Waals surface area contributed by atoms with Crippen molar-refractivity contribution in [2.45, 2.75) is 13.0 Å². The quantitative estimate of drug-likeness (QED) is 0.623. The lowest BCUT2D eigenvalue weighted by Gasteiger charge is -2.33. The minimum Gasteiger partial charge on any atom is -0.487 e. The molecule has 0 N–H and O–H groups in total. The molecule has 0 radical (unpaired) electrons. The van der Waals surface area contributed by atoms with Crippen LogP contribution in [0.25, 0.3) is 10.1 Å². The third-order valence-corrected chi connectivity index (χ3v) is 5.56. The van der Waals surface area contributed by atoms with E-state index in [1.54, 1.807) is 4.90 Å². The third-order valence-electron chi connectivity index (χ3n) is 3.90. The van der Waals surface area contributed by atoms with Crippen molar-refractivity contribution in [3.63, 3.8) is 0 Å². The third kappa shape index (κ3) is 2.38. The van der Waals surface area contributed by atoms with Gasteiger partial charge in [0.05, 0.1) is 17.3 Å². The number of para-hydroxylation sites is 2. The highest BCUT2D eigenvalue weighted by atomic mass is 35.5. The van der Waals surface area contributed by atoms with Gasteiger partial charge in [0.1, 0.15) is 16.7 Å². The molecule has 116 valence electrons. The monoisotopic (exact) mass is 343 g/mol. The van der Waals surface area contributed by atoms with E-state index in [1.165, 1.54) is 11.3 Å². The molecule has 0 aliphatic carbocycles. The number of halogens is 1. The number of carbonyl (C=O) groups is 1. The van der Waals surface area contributed by atoms with Crippen LogP contribution in [0.2, 0.25) is 5.02 Å². The zero-order chi connectivity index (χ0) is 16.0. The topological polar surface area (TPSA) is 29.5 Å². The summed E-state index contributed by atoms with van der Waals surface area (Å²) < 4.78 is 6.84. The van der Waals surface area contributed by atoms with E-state index >= 15 is 0 Å². The summed E-state index contributed by atoms with van der Waals surface area (Å²) in [5.41, 5.74) is 0.795. The Morgan fingerprint density at radius 2 is 1.96 bits per heavy atom. The van der Waals surface area contributed by atoms with Gasteiger partial charge in [-0.15, -0.1) is 11.3 Å². The fourth-order valence-corrected chi connectivity index (χ4v) is 4.32. The molecule has 1 unspecified atom stereocenters. The van der Waals surface area contributed by atoms with Gasteiger partial charge < -0.3 is 9.64 Å². The molecule has 0 saturated carbocycles. The van der Waals surface area contributed by atoms with Gasteiger partial charge in [0.25, 0.3) is 5.91 Å². The summed E-state index contributed by atoms with van der Waals surface area (Å²) in [5.74, 6) is 0.663. The molecule has 3 aromatic rings. The zero-order valence-corrected chi connectivity index (χ0v) is 14.0. The molecule has 0 spiro atoms. The summed E-state index contributed by atoms with van der Waals surface area (Å²) >= 11 is 7.90. The number of anilines is 1. The first-order chi connectivity index (χ1) is 11.1. The van der Waals surface area contributed by atoms with Crippen molar-refractivity contribution >= 4 is 44.6 Å². The molecule has 0 bridgehead atoms. The smallest absolute Gasteiger partial charge is 0.270 e. The lowest BCUT2D eigenvalue weighted by molar-refractivity contribution is 0.0965. The van der Waals surface area contributed by atoms with Crippen LogP contribution >= 0.6 is 22.9 Å². The van der Waals surface area contributed by atoms with Gasteiger partial charge in [0.2, 0.25) is 0 Å². The second kappa shape index (κ2) is 5.55. The normalized spacial score (nSPS) is 17.0. The second-order valence-electron chi connectivity index (χ2n) is 5.55. The number of amides is 1. The average Bonchev–Trinajstić information content (AvgIpc) is 2.91. The molecule has 4 rings (SSSR count). The Labute approximate surface area is 143 Å². The molecule has 3 nitrogen and oxygen atoms in total. The van der Waals surface area contributed by atoms with Crippen LogP contribution in [0.3, 0.4) is 0 Å². The summed E-state index contributed by atoms with van der Waals surface area (Å²) in [7, 11) is 0. The maximum Gasteiger partial charge on any atom is 0.270 e. The van der Waals surface area contributed by atoms with Gasteiger partial charge in [-0.3, -0.25) is 4.79 Å². The lowest BCUT2D eigenvalue weighted by atomic mass is 10.2. The van der Waals surface area contributed by atoms with E-state index in [2.05, 4.69) is 0 Å². The van der Waals surface area contributed by atoms with Crippen LogP contribution in [-0.4, -0.2) is 18.6 Å². The summed E-state index contributed by atoms with van der Waals surface area (Å²) in [6, 6.07) is 15.4. The van der Waals surface area contributed by atoms with Crippen LogP contribution < -0.4 is 9.64 Å². The molecule has 1 aromatic heterocycles. The number of benzene rings is 2. The van der Waals surface area contributed by atoms with E-state index in [4.69, 9.17) is 16.3 Å². The Bertz CT molecular complexity index is 905. The molecule has 1 atom stereocenters. The number of fused-ring (bicyclic) bond motifs is 2. The molecule has 0 saturated heterocycles. The van der Waals surface area contributed by atoms with E-state index in [-0.39, 0.29) is 12.0 Å². The van der Waals surface area contributed by atoms with Gasteiger partial charge in [-0.2, -0.15) is 0 Å². The number of hydrogen-bond acceptors (Lipinski definition) is 3. The molecule has 2 heterocycles. The number of hydrogen-bond donors (Lipinski definition) is 0. The Morgan fingerprint density at radius 1 is 1.22 bits per heavy atom. The van der Waals surface area contributed by atoms with Gasteiger partial charge in [-0.05, 0) is 25.1 Å². The van der Waals surface area contributed by atoms with Crippen molar-refractivity contribution in [1.82, 2.24) is 0 Å². The van der Waals surface area contributed by atoms with Gasteiger partial charge >= 0.3 is 0 Å². The van der Waals surface area contributed by atoms with Crippen LogP contribution in [-0.2, 0) is 0 Å². The lowest BCUT2D eigenvalue weighted by Crippen LogP contribution is -2.42. The predicted octanol–water partition coefficient (Wildman–Crippen LogP) is 4.98. The van der Waals surface area contributed by atoms with Gasteiger partial charge in [-0.1, -0.05) is 41.9 Å². The van der Waals surface area contributed by atoms with Crippen molar-refractivity contribution in [1.29, 1.82) is 0 Å². The zero-order valence-electron chi connectivity index (χ0n) is 12.5. The Morgan fingerprint density at radius 3 is 2.78 bits per heavy atom. The Hall–Kier alpha value is -2.04. The second-order valence-corrected chi connectivity index (χ2v) is 6.98. The fraction of sp³-hybridized carbons (Fsp3) is 0.167. The molecule has 1 aliphatic rings. The maximum atomic E-state index is 13.1. The number of thiophene rings is 1.